The summed E-state index contributed by atoms with van der Waals surface area (Å²) < 4.78 is 1.48. The van der Waals surface area contributed by atoms with Crippen molar-refractivity contribution in [3.8, 4) is 5.69 Å². The molecule has 0 unspecified atom stereocenters. The number of nitrogens with one attached hydrogen (secondary N) is 2. The average Bonchev–Trinajstić information content (AvgIpc) is 2.67. The highest BCUT2D eigenvalue weighted by Gasteiger charge is 2.24. The van der Waals surface area contributed by atoms with E-state index in [9.17, 15) is 9.59 Å². The first-order chi connectivity index (χ1) is 13.4. The largest absolute Gasteiger partial charge is 0.358 e. The second kappa shape index (κ2) is 7.47. The summed E-state index contributed by atoms with van der Waals surface area (Å²) in [6.45, 7) is 3.41. The number of benzene rings is 2. The third-order valence-corrected chi connectivity index (χ3v) is 5.52. The predicted molar refractivity (Wildman–Crippen MR) is 112 cm³/mol. The standard InChI is InChI=1S/C20H18Cl2N4O2/c1-12-16(22)3-2-4-17(12)26-18-15(19(27)24-20(26)28)10-25(11-23-18)9-13-5-7-14(21)8-6-13/h2-8,23H,9-11H2,1H3,(H,24,27,28). The molecule has 2 aromatic carbocycles. The second-order valence-corrected chi connectivity index (χ2v) is 7.60. The Balaban J connectivity index is 1.73. The number of nitrogens with zero attached hydrogens (tertiary/aromatic N) is 2. The van der Waals surface area contributed by atoms with Crippen LogP contribution in [0.3, 0.4) is 0 Å². The fourth-order valence-electron chi connectivity index (χ4n) is 3.40. The van der Waals surface area contributed by atoms with Gasteiger partial charge in [0.05, 0.1) is 17.9 Å². The lowest BCUT2D eigenvalue weighted by molar-refractivity contribution is 0.263. The zero-order chi connectivity index (χ0) is 19.8. The molecule has 0 saturated heterocycles. The van der Waals surface area contributed by atoms with Gasteiger partial charge in [-0.2, -0.15) is 0 Å². The summed E-state index contributed by atoms with van der Waals surface area (Å²) in [6, 6.07) is 13.0. The van der Waals surface area contributed by atoms with Crippen LogP contribution in [0.1, 0.15) is 16.7 Å². The normalized spacial score (nSPS) is 13.8. The van der Waals surface area contributed by atoms with Crippen molar-refractivity contribution in [2.45, 2.75) is 20.0 Å². The molecule has 1 aliphatic rings. The van der Waals surface area contributed by atoms with Crippen LogP contribution < -0.4 is 16.6 Å². The Hall–Kier alpha value is -2.54. The van der Waals surface area contributed by atoms with Gasteiger partial charge in [0.25, 0.3) is 5.56 Å². The van der Waals surface area contributed by atoms with Gasteiger partial charge >= 0.3 is 5.69 Å². The van der Waals surface area contributed by atoms with Crippen LogP contribution in [0.4, 0.5) is 5.82 Å². The van der Waals surface area contributed by atoms with Crippen molar-refractivity contribution in [1.29, 1.82) is 0 Å². The minimum Gasteiger partial charge on any atom is -0.358 e. The van der Waals surface area contributed by atoms with E-state index < -0.39 is 5.69 Å². The van der Waals surface area contributed by atoms with Crippen molar-refractivity contribution < 1.29 is 0 Å². The van der Waals surface area contributed by atoms with Gasteiger partial charge in [-0.1, -0.05) is 41.4 Å². The Labute approximate surface area is 171 Å². The van der Waals surface area contributed by atoms with Crippen molar-refractivity contribution in [1.82, 2.24) is 14.5 Å². The van der Waals surface area contributed by atoms with Crippen LogP contribution in [0.5, 0.6) is 0 Å². The smallest absolute Gasteiger partial charge is 0.334 e. The number of aromatic nitrogens is 2. The first kappa shape index (κ1) is 18.8. The molecular weight excluding hydrogens is 399 g/mol. The Morgan fingerprint density at radius 2 is 1.82 bits per heavy atom. The van der Waals surface area contributed by atoms with Crippen molar-refractivity contribution in [2.75, 3.05) is 12.0 Å². The monoisotopic (exact) mass is 416 g/mol. The second-order valence-electron chi connectivity index (χ2n) is 6.75. The molecular formula is C20H18Cl2N4O2. The number of aromatic amines is 1. The van der Waals surface area contributed by atoms with E-state index in [0.29, 0.717) is 46.9 Å². The van der Waals surface area contributed by atoms with E-state index >= 15 is 0 Å². The van der Waals surface area contributed by atoms with Crippen LogP contribution in [0.2, 0.25) is 10.0 Å². The zero-order valence-electron chi connectivity index (χ0n) is 15.1. The van der Waals surface area contributed by atoms with E-state index in [1.54, 1.807) is 12.1 Å². The van der Waals surface area contributed by atoms with Gasteiger partial charge < -0.3 is 5.32 Å². The van der Waals surface area contributed by atoms with Crippen molar-refractivity contribution in [3.63, 3.8) is 0 Å². The van der Waals surface area contributed by atoms with Crippen LogP contribution in [0.25, 0.3) is 5.69 Å². The van der Waals surface area contributed by atoms with Gasteiger partial charge in [-0.05, 0) is 42.3 Å². The number of hydrogen-bond donors (Lipinski definition) is 2. The van der Waals surface area contributed by atoms with Gasteiger partial charge in [0.1, 0.15) is 5.82 Å². The molecule has 0 spiro atoms. The maximum absolute atomic E-state index is 12.6. The molecule has 8 heteroatoms. The Kier molecular flexibility index (Phi) is 5.02. The molecule has 4 rings (SSSR count). The van der Waals surface area contributed by atoms with Crippen molar-refractivity contribution in [3.05, 3.63) is 90.0 Å². The van der Waals surface area contributed by atoms with Crippen molar-refractivity contribution in [2.24, 2.45) is 0 Å². The molecule has 28 heavy (non-hydrogen) atoms. The number of anilines is 1. The molecule has 2 N–H and O–H groups in total. The molecule has 6 nitrogen and oxygen atoms in total. The first-order valence-electron chi connectivity index (χ1n) is 8.78. The molecule has 1 aromatic heterocycles. The topological polar surface area (TPSA) is 70.1 Å². The molecule has 0 aliphatic carbocycles. The Bertz CT molecular complexity index is 1150. The predicted octanol–water partition coefficient (Wildman–Crippen LogP) is 3.53. The van der Waals surface area contributed by atoms with Gasteiger partial charge in [-0.3, -0.25) is 14.7 Å². The minimum absolute atomic E-state index is 0.385. The third kappa shape index (κ3) is 3.46. The number of H-pyrrole nitrogens is 1. The summed E-state index contributed by atoms with van der Waals surface area (Å²) >= 11 is 12.2. The van der Waals surface area contributed by atoms with Crippen LogP contribution in [0.15, 0.2) is 52.1 Å². The van der Waals surface area contributed by atoms with E-state index in [0.717, 1.165) is 11.1 Å². The van der Waals surface area contributed by atoms with E-state index in [1.807, 2.05) is 37.3 Å². The van der Waals surface area contributed by atoms with Gasteiger partial charge in [0.15, 0.2) is 0 Å². The third-order valence-electron chi connectivity index (χ3n) is 4.86. The first-order valence-corrected chi connectivity index (χ1v) is 9.54. The highest BCUT2D eigenvalue weighted by molar-refractivity contribution is 6.31. The summed E-state index contributed by atoms with van der Waals surface area (Å²) in [5, 5.41) is 4.48. The zero-order valence-corrected chi connectivity index (χ0v) is 16.6. The summed E-state index contributed by atoms with van der Waals surface area (Å²) in [7, 11) is 0. The summed E-state index contributed by atoms with van der Waals surface area (Å²) in [4.78, 5) is 29.6. The van der Waals surface area contributed by atoms with Crippen molar-refractivity contribution >= 4 is 29.0 Å². The van der Waals surface area contributed by atoms with Gasteiger partial charge in [0, 0.05) is 23.1 Å². The summed E-state index contributed by atoms with van der Waals surface area (Å²) in [5.41, 5.74) is 2.14. The number of rotatable bonds is 3. The SMILES string of the molecule is Cc1c(Cl)cccc1-n1c2c(c(=O)[nH]c1=O)CN(Cc1ccc(Cl)cc1)CN2. The Morgan fingerprint density at radius 1 is 1.07 bits per heavy atom. The van der Waals surface area contributed by atoms with Gasteiger partial charge in [-0.15, -0.1) is 0 Å². The molecule has 0 atom stereocenters. The molecule has 0 saturated carbocycles. The minimum atomic E-state index is -0.493. The fourth-order valence-corrected chi connectivity index (χ4v) is 3.69. The maximum Gasteiger partial charge on any atom is 0.334 e. The van der Waals surface area contributed by atoms with E-state index in [4.69, 9.17) is 23.2 Å². The lowest BCUT2D eigenvalue weighted by atomic mass is 10.1. The van der Waals surface area contributed by atoms with Crippen LogP contribution in [-0.2, 0) is 13.1 Å². The summed E-state index contributed by atoms with van der Waals surface area (Å²) in [5.74, 6) is 0.506. The molecule has 0 amide bonds. The molecule has 0 fully saturated rings. The maximum atomic E-state index is 12.6. The number of hydrogen-bond acceptors (Lipinski definition) is 4. The fraction of sp³-hybridized carbons (Fsp3) is 0.200. The molecule has 1 aliphatic heterocycles. The molecule has 2 heterocycles. The highest BCUT2D eigenvalue weighted by Crippen LogP contribution is 2.26. The van der Waals surface area contributed by atoms with Crippen LogP contribution >= 0.6 is 23.2 Å². The molecule has 0 radical (unpaired) electrons. The average molecular weight is 417 g/mol. The van der Waals surface area contributed by atoms with Crippen LogP contribution in [0, 0.1) is 6.92 Å². The molecule has 0 bridgehead atoms. The van der Waals surface area contributed by atoms with E-state index in [2.05, 4.69) is 15.2 Å². The van der Waals surface area contributed by atoms with E-state index in [1.165, 1.54) is 4.57 Å². The highest BCUT2D eigenvalue weighted by atomic mass is 35.5. The number of halogens is 2. The molecule has 144 valence electrons. The van der Waals surface area contributed by atoms with Gasteiger partial charge in [0.2, 0.25) is 0 Å². The summed E-state index contributed by atoms with van der Waals surface area (Å²) in [6.07, 6.45) is 0. The van der Waals surface area contributed by atoms with Gasteiger partial charge in [-0.25, -0.2) is 9.36 Å². The van der Waals surface area contributed by atoms with E-state index in [-0.39, 0.29) is 5.56 Å². The lowest BCUT2D eigenvalue weighted by Crippen LogP contribution is -2.42. The van der Waals surface area contributed by atoms with Crippen LogP contribution in [-0.4, -0.2) is 21.1 Å². The number of fused-ring (bicyclic) bond motifs is 1. The quantitative estimate of drug-likeness (QED) is 0.684. The lowest BCUT2D eigenvalue weighted by Gasteiger charge is -2.31. The Morgan fingerprint density at radius 3 is 2.57 bits per heavy atom. The molecule has 3 aromatic rings.